The Morgan fingerprint density at radius 2 is 2.08 bits per heavy atom. The van der Waals surface area contributed by atoms with E-state index in [0.29, 0.717) is 18.8 Å². The maximum Gasteiger partial charge on any atom is 0.272 e. The first kappa shape index (κ1) is 17.8. The van der Waals surface area contributed by atoms with Gasteiger partial charge < -0.3 is 10.2 Å². The van der Waals surface area contributed by atoms with E-state index in [-0.39, 0.29) is 11.6 Å². The van der Waals surface area contributed by atoms with Crippen molar-refractivity contribution < 1.29 is 9.59 Å². The first-order chi connectivity index (χ1) is 12.4. The van der Waals surface area contributed by atoms with Gasteiger partial charge in [-0.3, -0.25) is 19.2 Å². The Bertz CT molecular complexity index is 813. The number of hydrogen-bond donors (Lipinski definition) is 1. The second-order valence-corrected chi connectivity index (χ2v) is 6.58. The van der Waals surface area contributed by atoms with Crippen LogP contribution in [0.15, 0.2) is 18.5 Å². The zero-order valence-electron chi connectivity index (χ0n) is 15.4. The summed E-state index contributed by atoms with van der Waals surface area (Å²) < 4.78 is 1.68. The first-order valence-corrected chi connectivity index (χ1v) is 8.49. The highest BCUT2D eigenvalue weighted by Crippen LogP contribution is 2.21. The van der Waals surface area contributed by atoms with Crippen molar-refractivity contribution in [1.29, 1.82) is 0 Å². The molecule has 0 saturated carbocycles. The van der Waals surface area contributed by atoms with Gasteiger partial charge in [-0.05, 0) is 19.8 Å². The van der Waals surface area contributed by atoms with E-state index >= 15 is 0 Å². The lowest BCUT2D eigenvalue weighted by molar-refractivity contribution is -0.121. The number of nitrogens with one attached hydrogen (secondary N) is 1. The number of piperidine rings is 1. The predicted molar refractivity (Wildman–Crippen MR) is 97.1 cm³/mol. The third kappa shape index (κ3) is 3.51. The van der Waals surface area contributed by atoms with Crippen LogP contribution in [0.25, 0.3) is 0 Å². The lowest BCUT2D eigenvalue weighted by Crippen LogP contribution is -2.53. The van der Waals surface area contributed by atoms with E-state index in [1.54, 1.807) is 21.5 Å². The summed E-state index contributed by atoms with van der Waals surface area (Å²) in [6.07, 6.45) is 4.34. The minimum absolute atomic E-state index is 0.134. The molecule has 1 aliphatic rings. The molecule has 0 aromatic carbocycles. The van der Waals surface area contributed by atoms with Gasteiger partial charge in [-0.25, -0.2) is 9.97 Å². The lowest BCUT2D eigenvalue weighted by atomic mass is 10.0. The average Bonchev–Trinajstić information content (AvgIpc) is 2.95. The van der Waals surface area contributed by atoms with Crippen molar-refractivity contribution in [2.45, 2.75) is 25.8 Å². The zero-order valence-corrected chi connectivity index (χ0v) is 15.4. The Morgan fingerprint density at radius 1 is 1.31 bits per heavy atom. The summed E-state index contributed by atoms with van der Waals surface area (Å²) in [4.78, 5) is 37.1. The molecule has 26 heavy (non-hydrogen) atoms. The number of amides is 2. The smallest absolute Gasteiger partial charge is 0.272 e. The number of carbonyl (C=O) groups excluding carboxylic acids is 2. The minimum atomic E-state index is -0.582. The number of anilines is 2. The molecule has 1 fully saturated rings. The van der Waals surface area contributed by atoms with Crippen LogP contribution in [-0.4, -0.2) is 58.2 Å². The van der Waals surface area contributed by atoms with Gasteiger partial charge in [0, 0.05) is 33.8 Å². The molecule has 1 saturated heterocycles. The molecule has 0 spiro atoms. The van der Waals surface area contributed by atoms with Crippen molar-refractivity contribution >= 4 is 23.5 Å². The quantitative estimate of drug-likeness (QED) is 0.856. The summed E-state index contributed by atoms with van der Waals surface area (Å²) in [7, 11) is 5.50. The van der Waals surface area contributed by atoms with Gasteiger partial charge in [0.2, 0.25) is 0 Å². The summed E-state index contributed by atoms with van der Waals surface area (Å²) in [5, 5.41) is 7.07. The van der Waals surface area contributed by atoms with E-state index in [9.17, 15) is 9.59 Å². The molecule has 2 aromatic heterocycles. The summed E-state index contributed by atoms with van der Waals surface area (Å²) >= 11 is 0. The summed E-state index contributed by atoms with van der Waals surface area (Å²) in [5.74, 6) is 0.865. The third-order valence-corrected chi connectivity index (χ3v) is 4.33. The monoisotopic (exact) mass is 357 g/mol. The molecule has 3 heterocycles. The molecule has 2 amide bonds. The summed E-state index contributed by atoms with van der Waals surface area (Å²) in [6, 6.07) is 1.29. The lowest BCUT2D eigenvalue weighted by Gasteiger charge is -2.32. The maximum atomic E-state index is 12.8. The van der Waals surface area contributed by atoms with Crippen molar-refractivity contribution in [3.05, 3.63) is 29.8 Å². The Morgan fingerprint density at radius 3 is 2.65 bits per heavy atom. The van der Waals surface area contributed by atoms with Crippen LogP contribution < -0.4 is 15.1 Å². The van der Waals surface area contributed by atoms with E-state index in [1.165, 1.54) is 12.4 Å². The fourth-order valence-corrected chi connectivity index (χ4v) is 2.99. The SMILES string of the molecule is Cc1cc(N2CCCC(NC(=O)c3cnc(N(C)C)cn3)C2=O)n(C)n1. The highest BCUT2D eigenvalue weighted by atomic mass is 16.2. The fourth-order valence-electron chi connectivity index (χ4n) is 2.99. The van der Waals surface area contributed by atoms with E-state index in [0.717, 1.165) is 17.9 Å². The van der Waals surface area contributed by atoms with E-state index in [2.05, 4.69) is 20.4 Å². The van der Waals surface area contributed by atoms with Crippen molar-refractivity contribution in [1.82, 2.24) is 25.1 Å². The Balaban J connectivity index is 1.71. The first-order valence-electron chi connectivity index (χ1n) is 8.49. The van der Waals surface area contributed by atoms with E-state index in [4.69, 9.17) is 0 Å². The molecule has 138 valence electrons. The normalized spacial score (nSPS) is 17.3. The fraction of sp³-hybridized carbons (Fsp3) is 0.471. The zero-order chi connectivity index (χ0) is 18.8. The molecular formula is C17H23N7O2. The molecule has 0 radical (unpaired) electrons. The van der Waals surface area contributed by atoms with Gasteiger partial charge in [-0.1, -0.05) is 0 Å². The topological polar surface area (TPSA) is 96.3 Å². The largest absolute Gasteiger partial charge is 0.361 e. The van der Waals surface area contributed by atoms with Gasteiger partial charge >= 0.3 is 0 Å². The number of aryl methyl sites for hydroxylation is 2. The number of aromatic nitrogens is 4. The van der Waals surface area contributed by atoms with Crippen LogP contribution >= 0.6 is 0 Å². The van der Waals surface area contributed by atoms with Crippen LogP contribution in [0.5, 0.6) is 0 Å². The van der Waals surface area contributed by atoms with Crippen molar-refractivity contribution in [3.8, 4) is 0 Å². The standard InChI is InChI=1S/C17H23N7O2/c1-11-8-15(23(4)21-11)24-7-5-6-12(17(24)26)20-16(25)13-9-19-14(10-18-13)22(2)3/h8-10,12H,5-7H2,1-4H3,(H,20,25). The van der Waals surface area contributed by atoms with Gasteiger partial charge in [0.1, 0.15) is 23.4 Å². The van der Waals surface area contributed by atoms with Crippen molar-refractivity contribution in [2.75, 3.05) is 30.4 Å². The number of carbonyl (C=O) groups is 2. The van der Waals surface area contributed by atoms with Crippen LogP contribution in [0.3, 0.4) is 0 Å². The van der Waals surface area contributed by atoms with Crippen LogP contribution in [0.1, 0.15) is 29.0 Å². The molecular weight excluding hydrogens is 334 g/mol. The number of hydrogen-bond acceptors (Lipinski definition) is 6. The summed E-state index contributed by atoms with van der Waals surface area (Å²) in [5.41, 5.74) is 1.04. The second kappa shape index (κ2) is 7.11. The molecule has 1 unspecified atom stereocenters. The maximum absolute atomic E-state index is 12.8. The molecule has 1 N–H and O–H groups in total. The van der Waals surface area contributed by atoms with Crippen LogP contribution in [0.4, 0.5) is 11.6 Å². The van der Waals surface area contributed by atoms with Gasteiger partial charge in [0.05, 0.1) is 18.1 Å². The highest BCUT2D eigenvalue weighted by molar-refractivity contribution is 6.01. The van der Waals surface area contributed by atoms with Crippen molar-refractivity contribution in [3.63, 3.8) is 0 Å². The molecule has 9 heteroatoms. The van der Waals surface area contributed by atoms with Gasteiger partial charge in [-0.15, -0.1) is 0 Å². The third-order valence-electron chi connectivity index (χ3n) is 4.33. The van der Waals surface area contributed by atoms with Crippen LogP contribution in [0, 0.1) is 6.92 Å². The van der Waals surface area contributed by atoms with Crippen molar-refractivity contribution in [2.24, 2.45) is 7.05 Å². The molecule has 1 aliphatic heterocycles. The Labute approximate surface area is 152 Å². The molecule has 0 aliphatic carbocycles. The summed E-state index contributed by atoms with van der Waals surface area (Å²) in [6.45, 7) is 2.49. The molecule has 9 nitrogen and oxygen atoms in total. The van der Waals surface area contributed by atoms with Gasteiger partial charge in [0.15, 0.2) is 0 Å². The van der Waals surface area contributed by atoms with Gasteiger partial charge in [-0.2, -0.15) is 5.10 Å². The molecule has 0 bridgehead atoms. The molecule has 3 rings (SSSR count). The molecule has 2 aromatic rings. The van der Waals surface area contributed by atoms with Gasteiger partial charge in [0.25, 0.3) is 11.8 Å². The molecule has 1 atom stereocenters. The number of rotatable bonds is 4. The predicted octanol–water partition coefficient (Wildman–Crippen LogP) is 0.510. The van der Waals surface area contributed by atoms with E-state index in [1.807, 2.05) is 27.1 Å². The van der Waals surface area contributed by atoms with Crippen LogP contribution in [0.2, 0.25) is 0 Å². The average molecular weight is 357 g/mol. The van der Waals surface area contributed by atoms with E-state index < -0.39 is 11.9 Å². The highest BCUT2D eigenvalue weighted by Gasteiger charge is 2.32. The Hall–Kier alpha value is -2.97. The van der Waals surface area contributed by atoms with Crippen LogP contribution in [-0.2, 0) is 11.8 Å². The Kier molecular flexibility index (Phi) is 4.88. The second-order valence-electron chi connectivity index (χ2n) is 6.58. The minimum Gasteiger partial charge on any atom is -0.361 e. The number of nitrogens with zero attached hydrogens (tertiary/aromatic N) is 6.